The Morgan fingerprint density at radius 1 is 1.00 bits per heavy atom. The predicted octanol–water partition coefficient (Wildman–Crippen LogP) is 4.58. The third-order valence-electron chi connectivity index (χ3n) is 4.39. The zero-order valence-electron chi connectivity index (χ0n) is 15.8. The number of nitrogens with one attached hydrogen (secondary N) is 1. The van der Waals surface area contributed by atoms with Crippen molar-refractivity contribution >= 4 is 11.6 Å². The number of benzene rings is 2. The third kappa shape index (κ3) is 4.35. The number of carbonyl (C=O) groups is 1. The van der Waals surface area contributed by atoms with Crippen molar-refractivity contribution in [1.82, 2.24) is 10.2 Å². The molecule has 0 spiro atoms. The molecule has 7 heteroatoms. The zero-order valence-corrected chi connectivity index (χ0v) is 15.8. The molecule has 0 aliphatic rings. The number of ether oxygens (including phenoxy) is 1. The van der Waals surface area contributed by atoms with Crippen LogP contribution in [0, 0.1) is 0 Å². The third-order valence-corrected chi connectivity index (χ3v) is 4.39. The van der Waals surface area contributed by atoms with Crippen molar-refractivity contribution in [2.24, 2.45) is 0 Å². The van der Waals surface area contributed by atoms with Crippen LogP contribution in [0.1, 0.15) is 12.0 Å². The molecular weight excluding hydrogens is 370 g/mol. The molecule has 0 aliphatic carbocycles. The average Bonchev–Trinajstić information content (AvgIpc) is 3.45. The van der Waals surface area contributed by atoms with Crippen LogP contribution in [-0.4, -0.2) is 23.2 Å². The summed E-state index contributed by atoms with van der Waals surface area (Å²) < 4.78 is 16.1. The number of aryl methyl sites for hydroxylation is 1. The van der Waals surface area contributed by atoms with Crippen LogP contribution in [0.2, 0.25) is 0 Å². The summed E-state index contributed by atoms with van der Waals surface area (Å²) in [6, 6.07) is 18.5. The van der Waals surface area contributed by atoms with E-state index in [2.05, 4.69) is 15.5 Å². The molecule has 0 atom stereocenters. The number of hydrogen-bond acceptors (Lipinski definition) is 6. The van der Waals surface area contributed by atoms with E-state index < -0.39 is 0 Å². The van der Waals surface area contributed by atoms with Crippen LogP contribution in [0.25, 0.3) is 23.1 Å². The van der Waals surface area contributed by atoms with Gasteiger partial charge in [-0.05, 0) is 48.4 Å². The first-order chi connectivity index (χ1) is 14.2. The largest absolute Gasteiger partial charge is 0.497 e. The molecule has 7 nitrogen and oxygen atoms in total. The fraction of sp³-hybridized carbons (Fsp3) is 0.136. The molecule has 0 bridgehead atoms. The Bertz CT molecular complexity index is 1090. The van der Waals surface area contributed by atoms with E-state index in [1.54, 1.807) is 25.3 Å². The maximum absolute atomic E-state index is 12.5. The second-order valence-electron chi connectivity index (χ2n) is 6.33. The number of methoxy groups -OCH3 is 1. The van der Waals surface area contributed by atoms with Gasteiger partial charge in [-0.3, -0.25) is 4.79 Å². The lowest BCUT2D eigenvalue weighted by atomic mass is 10.1. The normalized spacial score (nSPS) is 10.7. The van der Waals surface area contributed by atoms with Gasteiger partial charge >= 0.3 is 0 Å². The number of hydrogen-bond donors (Lipinski definition) is 1. The molecule has 2 aromatic heterocycles. The highest BCUT2D eigenvalue weighted by Gasteiger charge is 2.16. The minimum absolute atomic E-state index is 0.0981. The standard InChI is InChI=1S/C22H19N3O4/c1-27-16-11-8-15(9-12-16)10-13-20(26)23-18-6-3-2-5-17(18)21-24-25-22(29-21)19-7-4-14-28-19/h2-9,11-12,14H,10,13H2,1H3,(H,23,26). The number of amides is 1. The topological polar surface area (TPSA) is 90.4 Å². The molecule has 4 rings (SSSR count). The fourth-order valence-corrected chi connectivity index (χ4v) is 2.87. The van der Waals surface area contributed by atoms with Gasteiger partial charge in [0, 0.05) is 6.42 Å². The van der Waals surface area contributed by atoms with Crippen molar-refractivity contribution in [1.29, 1.82) is 0 Å². The highest BCUT2D eigenvalue weighted by atomic mass is 16.5. The number of rotatable bonds is 7. The van der Waals surface area contributed by atoms with Gasteiger partial charge in [0.15, 0.2) is 5.76 Å². The molecule has 146 valence electrons. The van der Waals surface area contributed by atoms with Crippen LogP contribution in [0.15, 0.2) is 75.8 Å². The average molecular weight is 389 g/mol. The van der Waals surface area contributed by atoms with E-state index in [1.165, 1.54) is 6.26 Å². The van der Waals surface area contributed by atoms with Gasteiger partial charge in [0.05, 0.1) is 24.6 Å². The molecule has 0 saturated heterocycles. The number of carbonyl (C=O) groups excluding carboxylic acids is 1. The first kappa shape index (κ1) is 18.5. The van der Waals surface area contributed by atoms with E-state index in [0.717, 1.165) is 11.3 Å². The second-order valence-corrected chi connectivity index (χ2v) is 6.33. The zero-order chi connectivity index (χ0) is 20.1. The molecule has 1 amide bonds. The first-order valence-electron chi connectivity index (χ1n) is 9.12. The summed E-state index contributed by atoms with van der Waals surface area (Å²) >= 11 is 0. The van der Waals surface area contributed by atoms with Crippen molar-refractivity contribution in [2.45, 2.75) is 12.8 Å². The minimum atomic E-state index is -0.0981. The molecule has 2 aromatic carbocycles. The van der Waals surface area contributed by atoms with Crippen molar-refractivity contribution in [3.63, 3.8) is 0 Å². The first-order valence-corrected chi connectivity index (χ1v) is 9.12. The maximum atomic E-state index is 12.5. The quantitative estimate of drug-likeness (QED) is 0.498. The lowest BCUT2D eigenvalue weighted by Gasteiger charge is -2.09. The number of para-hydroxylation sites is 1. The van der Waals surface area contributed by atoms with Crippen LogP contribution in [-0.2, 0) is 11.2 Å². The Kier molecular flexibility index (Phi) is 5.38. The number of anilines is 1. The Morgan fingerprint density at radius 2 is 1.79 bits per heavy atom. The van der Waals surface area contributed by atoms with Gasteiger partial charge in [-0.2, -0.15) is 0 Å². The molecule has 0 aliphatic heterocycles. The van der Waals surface area contributed by atoms with Crippen LogP contribution in [0.4, 0.5) is 5.69 Å². The van der Waals surface area contributed by atoms with Gasteiger partial charge in [-0.15, -0.1) is 10.2 Å². The molecule has 2 heterocycles. The van der Waals surface area contributed by atoms with E-state index >= 15 is 0 Å². The van der Waals surface area contributed by atoms with Crippen molar-refractivity contribution in [3.8, 4) is 28.9 Å². The number of nitrogens with zero attached hydrogens (tertiary/aromatic N) is 2. The van der Waals surface area contributed by atoms with Gasteiger partial charge in [-0.25, -0.2) is 0 Å². The van der Waals surface area contributed by atoms with E-state index in [1.807, 2.05) is 42.5 Å². The van der Waals surface area contributed by atoms with E-state index in [-0.39, 0.29) is 11.8 Å². The summed E-state index contributed by atoms with van der Waals surface area (Å²) in [5.41, 5.74) is 2.33. The van der Waals surface area contributed by atoms with Crippen LogP contribution >= 0.6 is 0 Å². The summed E-state index contributed by atoms with van der Waals surface area (Å²) in [6.07, 6.45) is 2.51. The Balaban J connectivity index is 1.44. The predicted molar refractivity (Wildman–Crippen MR) is 107 cm³/mol. The Hall–Kier alpha value is -3.87. The molecule has 1 N–H and O–H groups in total. The number of aromatic nitrogens is 2. The molecule has 0 radical (unpaired) electrons. The maximum Gasteiger partial charge on any atom is 0.283 e. The van der Waals surface area contributed by atoms with E-state index in [4.69, 9.17) is 13.6 Å². The SMILES string of the molecule is COc1ccc(CCC(=O)Nc2ccccc2-c2nnc(-c3ccco3)o2)cc1. The van der Waals surface area contributed by atoms with Gasteiger partial charge in [0.25, 0.3) is 5.89 Å². The highest BCUT2D eigenvalue weighted by molar-refractivity contribution is 5.94. The lowest BCUT2D eigenvalue weighted by Crippen LogP contribution is -2.13. The molecule has 4 aromatic rings. The molecule has 29 heavy (non-hydrogen) atoms. The van der Waals surface area contributed by atoms with Gasteiger partial charge in [-0.1, -0.05) is 24.3 Å². The van der Waals surface area contributed by atoms with Gasteiger partial charge in [0.1, 0.15) is 5.75 Å². The van der Waals surface area contributed by atoms with Crippen LogP contribution in [0.5, 0.6) is 5.75 Å². The van der Waals surface area contributed by atoms with Crippen molar-refractivity contribution in [3.05, 3.63) is 72.5 Å². The summed E-state index contributed by atoms with van der Waals surface area (Å²) in [7, 11) is 1.63. The Labute approximate surface area is 167 Å². The van der Waals surface area contributed by atoms with Crippen molar-refractivity contribution < 1.29 is 18.4 Å². The van der Waals surface area contributed by atoms with Crippen molar-refractivity contribution in [2.75, 3.05) is 12.4 Å². The lowest BCUT2D eigenvalue weighted by molar-refractivity contribution is -0.116. The molecule has 0 fully saturated rings. The fourth-order valence-electron chi connectivity index (χ4n) is 2.87. The number of furan rings is 1. The molecule has 0 saturated carbocycles. The van der Waals surface area contributed by atoms with Crippen LogP contribution in [0.3, 0.4) is 0 Å². The van der Waals surface area contributed by atoms with Gasteiger partial charge in [0.2, 0.25) is 11.8 Å². The molecule has 0 unspecified atom stereocenters. The second kappa shape index (κ2) is 8.43. The minimum Gasteiger partial charge on any atom is -0.497 e. The monoisotopic (exact) mass is 389 g/mol. The van der Waals surface area contributed by atoms with E-state index in [0.29, 0.717) is 35.7 Å². The van der Waals surface area contributed by atoms with E-state index in [9.17, 15) is 4.79 Å². The summed E-state index contributed by atoms with van der Waals surface area (Å²) in [4.78, 5) is 12.5. The van der Waals surface area contributed by atoms with Gasteiger partial charge < -0.3 is 18.9 Å². The summed E-state index contributed by atoms with van der Waals surface area (Å²) in [5, 5.41) is 11.0. The summed E-state index contributed by atoms with van der Waals surface area (Å²) in [5.74, 6) is 1.78. The van der Waals surface area contributed by atoms with Crippen LogP contribution < -0.4 is 10.1 Å². The highest BCUT2D eigenvalue weighted by Crippen LogP contribution is 2.29. The Morgan fingerprint density at radius 3 is 2.55 bits per heavy atom. The molecular formula is C22H19N3O4. The smallest absolute Gasteiger partial charge is 0.283 e. The summed E-state index contributed by atoms with van der Waals surface area (Å²) in [6.45, 7) is 0.